The average Bonchev–Trinajstić information content (AvgIpc) is 2.92. The first-order valence-electron chi connectivity index (χ1n) is 11.8. The Balaban J connectivity index is 1.27. The zero-order valence-electron chi connectivity index (χ0n) is 20.0. The maximum Gasteiger partial charge on any atom is 0.262 e. The molecule has 2 aromatic heterocycles. The molecule has 0 amide bonds. The summed E-state index contributed by atoms with van der Waals surface area (Å²) in [7, 11) is 3.09. The summed E-state index contributed by atoms with van der Waals surface area (Å²) in [5.41, 5.74) is 2.30. The second-order valence-corrected chi connectivity index (χ2v) is 8.67. The highest BCUT2D eigenvalue weighted by Crippen LogP contribution is 2.29. The maximum absolute atomic E-state index is 12.8. The number of ether oxygens (including phenoxy) is 2. The molecule has 0 atom stereocenters. The number of hydrogen-bond acceptors (Lipinski definition) is 7. The maximum atomic E-state index is 12.8. The van der Waals surface area contributed by atoms with Crippen LogP contribution in [0, 0.1) is 0 Å². The van der Waals surface area contributed by atoms with Crippen molar-refractivity contribution in [2.24, 2.45) is 0 Å². The molecule has 180 valence electrons. The fourth-order valence-corrected chi connectivity index (χ4v) is 4.51. The summed E-state index contributed by atoms with van der Waals surface area (Å²) in [5, 5.41) is 4.06. The molecule has 0 aliphatic carbocycles. The summed E-state index contributed by atoms with van der Waals surface area (Å²) in [6, 6.07) is 18.3. The Labute approximate surface area is 203 Å². The monoisotopic (exact) mass is 471 g/mol. The van der Waals surface area contributed by atoms with E-state index in [9.17, 15) is 4.79 Å². The van der Waals surface area contributed by atoms with Crippen LogP contribution in [0.25, 0.3) is 22.3 Å². The molecule has 2 N–H and O–H groups in total. The lowest BCUT2D eigenvalue weighted by atomic mass is 10.0. The van der Waals surface area contributed by atoms with Crippen LogP contribution in [0.2, 0.25) is 0 Å². The van der Waals surface area contributed by atoms with Gasteiger partial charge in [-0.1, -0.05) is 30.3 Å². The highest BCUT2D eigenvalue weighted by molar-refractivity contribution is 5.87. The number of aromatic amines is 1. The van der Waals surface area contributed by atoms with E-state index >= 15 is 0 Å². The lowest BCUT2D eigenvalue weighted by Crippen LogP contribution is -2.42. The Bertz CT molecular complexity index is 1350. The first-order chi connectivity index (χ1) is 17.1. The molecule has 1 saturated heterocycles. The van der Waals surface area contributed by atoms with Crippen molar-refractivity contribution >= 4 is 16.7 Å². The molecule has 1 fully saturated rings. The number of anilines is 1. The number of piperidine rings is 1. The minimum absolute atomic E-state index is 0.265. The average molecular weight is 472 g/mol. The Morgan fingerprint density at radius 2 is 1.86 bits per heavy atom. The van der Waals surface area contributed by atoms with Crippen molar-refractivity contribution in [1.29, 1.82) is 0 Å². The van der Waals surface area contributed by atoms with Crippen LogP contribution in [0.4, 0.5) is 5.82 Å². The van der Waals surface area contributed by atoms with E-state index in [1.54, 1.807) is 25.4 Å². The molecule has 0 radical (unpaired) electrons. The second-order valence-electron chi connectivity index (χ2n) is 8.67. The van der Waals surface area contributed by atoms with E-state index in [4.69, 9.17) is 9.47 Å². The van der Waals surface area contributed by atoms with Crippen molar-refractivity contribution in [2.75, 3.05) is 32.2 Å². The van der Waals surface area contributed by atoms with Gasteiger partial charge in [0.05, 0.1) is 19.7 Å². The van der Waals surface area contributed by atoms with Gasteiger partial charge in [0.15, 0.2) is 0 Å². The van der Waals surface area contributed by atoms with Crippen molar-refractivity contribution in [2.45, 2.75) is 25.4 Å². The fourth-order valence-electron chi connectivity index (χ4n) is 4.51. The van der Waals surface area contributed by atoms with Gasteiger partial charge in [0, 0.05) is 49.6 Å². The zero-order valence-corrected chi connectivity index (χ0v) is 20.0. The van der Waals surface area contributed by atoms with Crippen LogP contribution < -0.4 is 25.2 Å². The third-order valence-corrected chi connectivity index (χ3v) is 6.48. The van der Waals surface area contributed by atoms with Gasteiger partial charge in [-0.15, -0.1) is 0 Å². The van der Waals surface area contributed by atoms with E-state index in [0.29, 0.717) is 34.3 Å². The molecule has 2 aromatic carbocycles. The predicted octanol–water partition coefficient (Wildman–Crippen LogP) is 3.76. The summed E-state index contributed by atoms with van der Waals surface area (Å²) >= 11 is 0. The molecule has 1 aliphatic rings. The number of pyridine rings is 1. The van der Waals surface area contributed by atoms with Crippen molar-refractivity contribution in [3.8, 4) is 22.9 Å². The first kappa shape index (κ1) is 22.9. The molecule has 8 nitrogen and oxygen atoms in total. The van der Waals surface area contributed by atoms with Gasteiger partial charge in [-0.25, -0.2) is 9.97 Å². The largest absolute Gasteiger partial charge is 0.497 e. The zero-order chi connectivity index (χ0) is 24.2. The Hall–Kier alpha value is -3.91. The van der Waals surface area contributed by atoms with Gasteiger partial charge in [-0.05, 0) is 30.5 Å². The van der Waals surface area contributed by atoms with Crippen LogP contribution in [0.5, 0.6) is 11.5 Å². The van der Waals surface area contributed by atoms with Crippen LogP contribution >= 0.6 is 0 Å². The van der Waals surface area contributed by atoms with E-state index in [1.807, 2.05) is 18.2 Å². The van der Waals surface area contributed by atoms with Gasteiger partial charge in [0.2, 0.25) is 0 Å². The molecule has 0 spiro atoms. The number of hydrogen-bond donors (Lipinski definition) is 2. The van der Waals surface area contributed by atoms with Crippen molar-refractivity contribution < 1.29 is 9.47 Å². The normalized spacial score (nSPS) is 14.3. The number of aromatic nitrogens is 3. The topological polar surface area (TPSA) is 92.4 Å². The van der Waals surface area contributed by atoms with Crippen LogP contribution in [0.1, 0.15) is 18.4 Å². The number of nitrogens with zero attached hydrogens (tertiary/aromatic N) is 3. The summed E-state index contributed by atoms with van der Waals surface area (Å²) in [6.45, 7) is 2.79. The van der Waals surface area contributed by atoms with Gasteiger partial charge in [0.1, 0.15) is 28.5 Å². The SMILES string of the molecule is COc1cc(OC)c2c(=O)[nH]c(-c3ccc(N4CCC(NCc5ccccc5)CC4)nc3)nc2c1. The molecular weight excluding hydrogens is 442 g/mol. The molecule has 5 rings (SSSR count). The van der Waals surface area contributed by atoms with Crippen LogP contribution in [0.3, 0.4) is 0 Å². The van der Waals surface area contributed by atoms with E-state index in [2.05, 4.69) is 49.4 Å². The number of fused-ring (bicyclic) bond motifs is 1. The molecular formula is C27H29N5O3. The van der Waals surface area contributed by atoms with Crippen molar-refractivity contribution in [3.63, 3.8) is 0 Å². The fraction of sp³-hybridized carbons (Fsp3) is 0.296. The van der Waals surface area contributed by atoms with Gasteiger partial charge < -0.3 is 24.7 Å². The highest BCUT2D eigenvalue weighted by atomic mass is 16.5. The third-order valence-electron chi connectivity index (χ3n) is 6.48. The number of benzene rings is 2. The Morgan fingerprint density at radius 1 is 1.06 bits per heavy atom. The third kappa shape index (κ3) is 4.97. The van der Waals surface area contributed by atoms with Gasteiger partial charge in [-0.3, -0.25) is 4.79 Å². The summed E-state index contributed by atoms with van der Waals surface area (Å²) in [5.74, 6) is 2.39. The molecule has 1 aliphatic heterocycles. The molecule has 0 bridgehead atoms. The number of nitrogens with one attached hydrogen (secondary N) is 2. The van der Waals surface area contributed by atoms with Crippen LogP contribution in [0.15, 0.2) is 65.6 Å². The van der Waals surface area contributed by atoms with E-state index in [-0.39, 0.29) is 5.56 Å². The van der Waals surface area contributed by atoms with Crippen LogP contribution in [-0.4, -0.2) is 48.3 Å². The molecule has 3 heterocycles. The van der Waals surface area contributed by atoms with Crippen molar-refractivity contribution in [1.82, 2.24) is 20.3 Å². The van der Waals surface area contributed by atoms with Crippen molar-refractivity contribution in [3.05, 3.63) is 76.7 Å². The van der Waals surface area contributed by atoms with E-state index in [0.717, 1.165) is 43.9 Å². The standard InChI is InChI=1S/C27H29N5O3/c1-34-21-14-22-25(23(15-21)35-2)27(33)31-26(30-22)19-8-9-24(29-17-19)32-12-10-20(11-13-32)28-16-18-6-4-3-5-7-18/h3-9,14-15,17,20,28H,10-13,16H2,1-2H3,(H,30,31,33). The molecule has 0 saturated carbocycles. The highest BCUT2D eigenvalue weighted by Gasteiger charge is 2.20. The lowest BCUT2D eigenvalue weighted by molar-refractivity contribution is 0.397. The summed E-state index contributed by atoms with van der Waals surface area (Å²) < 4.78 is 10.7. The minimum atomic E-state index is -0.265. The van der Waals surface area contributed by atoms with Crippen LogP contribution in [-0.2, 0) is 6.54 Å². The molecule has 4 aromatic rings. The van der Waals surface area contributed by atoms with E-state index in [1.165, 1.54) is 12.7 Å². The first-order valence-corrected chi connectivity index (χ1v) is 11.8. The smallest absolute Gasteiger partial charge is 0.262 e. The molecule has 35 heavy (non-hydrogen) atoms. The quantitative estimate of drug-likeness (QED) is 0.424. The van der Waals surface area contributed by atoms with Gasteiger partial charge in [0.25, 0.3) is 5.56 Å². The van der Waals surface area contributed by atoms with Gasteiger partial charge >= 0.3 is 0 Å². The predicted molar refractivity (Wildman–Crippen MR) is 137 cm³/mol. The lowest BCUT2D eigenvalue weighted by Gasteiger charge is -2.33. The summed E-state index contributed by atoms with van der Waals surface area (Å²) in [4.78, 5) is 27.3. The molecule has 8 heteroatoms. The Kier molecular flexibility index (Phi) is 6.63. The molecule has 0 unspecified atom stereocenters. The second kappa shape index (κ2) is 10.1. The summed E-state index contributed by atoms with van der Waals surface area (Å²) in [6.07, 6.45) is 3.90. The number of H-pyrrole nitrogens is 1. The number of rotatable bonds is 7. The van der Waals surface area contributed by atoms with Gasteiger partial charge in [-0.2, -0.15) is 0 Å². The number of methoxy groups -OCH3 is 2. The van der Waals surface area contributed by atoms with E-state index < -0.39 is 0 Å². The Morgan fingerprint density at radius 3 is 2.54 bits per heavy atom. The minimum Gasteiger partial charge on any atom is -0.497 e.